The van der Waals surface area contributed by atoms with Crippen molar-refractivity contribution in [3.63, 3.8) is 0 Å². The molecule has 0 aliphatic carbocycles. The number of aliphatic hydroxyl groups excluding tert-OH is 1. The lowest BCUT2D eigenvalue weighted by molar-refractivity contribution is -0.392. The third kappa shape index (κ3) is 4.17. The highest BCUT2D eigenvalue weighted by molar-refractivity contribution is 6.09. The van der Waals surface area contributed by atoms with Gasteiger partial charge in [-0.2, -0.15) is 0 Å². The third-order valence-electron chi connectivity index (χ3n) is 4.11. The molecule has 14 nitrogen and oxygen atoms in total. The fourth-order valence-corrected chi connectivity index (χ4v) is 2.74. The second-order valence-electron chi connectivity index (χ2n) is 5.82. The first-order valence-electron chi connectivity index (χ1n) is 8.20. The van der Waals surface area contributed by atoms with Crippen molar-refractivity contribution in [1.29, 1.82) is 0 Å². The molecule has 1 heterocycles. The SMILES string of the molecule is COC(=O)C1=C(Nc2c([N+](=O)[O-])cc(C(=O)OC)cc2[N+](=O)[O-])C(=O)N(CCO)C1. The van der Waals surface area contributed by atoms with Gasteiger partial charge in [0.1, 0.15) is 5.70 Å². The average molecular weight is 424 g/mol. The highest BCUT2D eigenvalue weighted by Crippen LogP contribution is 2.38. The van der Waals surface area contributed by atoms with Crippen LogP contribution in [0.25, 0.3) is 0 Å². The Bertz CT molecular complexity index is 936. The van der Waals surface area contributed by atoms with Crippen LogP contribution in [-0.4, -0.2) is 71.6 Å². The van der Waals surface area contributed by atoms with Crippen LogP contribution in [0.2, 0.25) is 0 Å². The van der Waals surface area contributed by atoms with E-state index >= 15 is 0 Å². The molecule has 1 aliphatic rings. The first-order chi connectivity index (χ1) is 14.2. The number of ether oxygens (including phenoxy) is 2. The van der Waals surface area contributed by atoms with Crippen LogP contribution in [0.4, 0.5) is 17.1 Å². The minimum atomic E-state index is -1.05. The van der Waals surface area contributed by atoms with Gasteiger partial charge in [0.15, 0.2) is 5.69 Å². The van der Waals surface area contributed by atoms with E-state index in [0.717, 1.165) is 31.3 Å². The number of hydrogen-bond acceptors (Lipinski definition) is 11. The molecule has 0 saturated carbocycles. The summed E-state index contributed by atoms with van der Waals surface area (Å²) in [5.74, 6) is -2.82. The van der Waals surface area contributed by atoms with Crippen molar-refractivity contribution in [2.75, 3.05) is 39.2 Å². The Balaban J connectivity index is 2.68. The van der Waals surface area contributed by atoms with Crippen LogP contribution in [0.5, 0.6) is 0 Å². The van der Waals surface area contributed by atoms with E-state index in [2.05, 4.69) is 14.8 Å². The molecule has 30 heavy (non-hydrogen) atoms. The highest BCUT2D eigenvalue weighted by Gasteiger charge is 2.38. The molecule has 1 aromatic rings. The topological polar surface area (TPSA) is 191 Å². The van der Waals surface area contributed by atoms with Gasteiger partial charge in [-0.15, -0.1) is 0 Å². The van der Waals surface area contributed by atoms with Crippen molar-refractivity contribution in [1.82, 2.24) is 4.90 Å². The van der Waals surface area contributed by atoms with Gasteiger partial charge < -0.3 is 24.8 Å². The van der Waals surface area contributed by atoms with Crippen molar-refractivity contribution in [3.8, 4) is 0 Å². The fraction of sp³-hybridized carbons (Fsp3) is 0.312. The first kappa shape index (κ1) is 22.2. The van der Waals surface area contributed by atoms with Gasteiger partial charge in [-0.1, -0.05) is 0 Å². The van der Waals surface area contributed by atoms with E-state index in [1.54, 1.807) is 0 Å². The van der Waals surface area contributed by atoms with E-state index < -0.39 is 62.6 Å². The molecular weight excluding hydrogens is 408 g/mol. The number of nitro benzene ring substituents is 2. The quantitative estimate of drug-likeness (QED) is 0.323. The lowest BCUT2D eigenvalue weighted by Gasteiger charge is -2.15. The number of hydrogen-bond donors (Lipinski definition) is 2. The number of β-amino-alcohol motifs (C(OH)–C–C–N with tert-alkyl or cyclic N) is 1. The van der Waals surface area contributed by atoms with Crippen LogP contribution >= 0.6 is 0 Å². The number of amides is 1. The minimum absolute atomic E-state index is 0.157. The van der Waals surface area contributed by atoms with Crippen molar-refractivity contribution in [2.45, 2.75) is 0 Å². The van der Waals surface area contributed by atoms with Crippen LogP contribution < -0.4 is 5.32 Å². The molecule has 14 heteroatoms. The summed E-state index contributed by atoms with van der Waals surface area (Å²) < 4.78 is 9.03. The number of nitro groups is 2. The molecule has 1 amide bonds. The molecule has 0 atom stereocenters. The minimum Gasteiger partial charge on any atom is -0.466 e. The third-order valence-corrected chi connectivity index (χ3v) is 4.11. The van der Waals surface area contributed by atoms with Gasteiger partial charge in [0.05, 0.1) is 48.4 Å². The van der Waals surface area contributed by atoms with Crippen LogP contribution in [0, 0.1) is 20.2 Å². The van der Waals surface area contributed by atoms with E-state index in [4.69, 9.17) is 5.11 Å². The number of methoxy groups -OCH3 is 2. The van der Waals surface area contributed by atoms with Gasteiger partial charge in [0, 0.05) is 18.7 Å². The summed E-state index contributed by atoms with van der Waals surface area (Å²) in [4.78, 5) is 58.4. The molecule has 0 saturated heterocycles. The second kappa shape index (κ2) is 8.95. The smallest absolute Gasteiger partial charge is 0.338 e. The molecule has 0 bridgehead atoms. The lowest BCUT2D eigenvalue weighted by atomic mass is 10.1. The molecular formula is C16H16N4O10. The number of nitrogens with one attached hydrogen (secondary N) is 1. The Morgan fingerprint density at radius 3 is 2.10 bits per heavy atom. The number of nitrogens with zero attached hydrogens (tertiary/aromatic N) is 3. The Morgan fingerprint density at radius 1 is 1.13 bits per heavy atom. The maximum Gasteiger partial charge on any atom is 0.338 e. The van der Waals surface area contributed by atoms with Gasteiger partial charge in [-0.3, -0.25) is 25.0 Å². The number of aliphatic hydroxyl groups is 1. The van der Waals surface area contributed by atoms with Crippen molar-refractivity contribution in [2.24, 2.45) is 0 Å². The Morgan fingerprint density at radius 2 is 1.67 bits per heavy atom. The van der Waals surface area contributed by atoms with Crippen LogP contribution in [-0.2, 0) is 19.1 Å². The normalized spacial score (nSPS) is 13.3. The van der Waals surface area contributed by atoms with Gasteiger partial charge in [-0.05, 0) is 0 Å². The number of rotatable bonds is 8. The fourth-order valence-electron chi connectivity index (χ4n) is 2.74. The second-order valence-corrected chi connectivity index (χ2v) is 5.82. The monoisotopic (exact) mass is 424 g/mol. The van der Waals surface area contributed by atoms with Crippen LogP contribution in [0.1, 0.15) is 10.4 Å². The first-order valence-corrected chi connectivity index (χ1v) is 8.20. The molecule has 0 aromatic heterocycles. The van der Waals surface area contributed by atoms with Gasteiger partial charge in [-0.25, -0.2) is 9.59 Å². The summed E-state index contributed by atoms with van der Waals surface area (Å²) in [7, 11) is 2.04. The van der Waals surface area contributed by atoms with Gasteiger partial charge in [0.25, 0.3) is 5.91 Å². The van der Waals surface area contributed by atoms with E-state index in [0.29, 0.717) is 0 Å². The van der Waals surface area contributed by atoms with Crippen molar-refractivity contribution >= 4 is 34.9 Å². The summed E-state index contributed by atoms with van der Waals surface area (Å²) in [6.07, 6.45) is 0. The lowest BCUT2D eigenvalue weighted by Crippen LogP contribution is -2.31. The van der Waals surface area contributed by atoms with E-state index in [9.17, 15) is 34.6 Å². The van der Waals surface area contributed by atoms with Crippen molar-refractivity contribution < 1.29 is 38.8 Å². The summed E-state index contributed by atoms with van der Waals surface area (Å²) >= 11 is 0. The molecule has 0 radical (unpaired) electrons. The molecule has 0 unspecified atom stereocenters. The largest absolute Gasteiger partial charge is 0.466 e. The number of carbonyl (C=O) groups is 3. The Kier molecular flexibility index (Phi) is 6.63. The Labute approximate surface area is 168 Å². The van der Waals surface area contributed by atoms with Crippen molar-refractivity contribution in [3.05, 3.63) is 49.2 Å². The molecule has 1 aliphatic heterocycles. The van der Waals surface area contributed by atoms with Gasteiger partial charge in [0.2, 0.25) is 0 Å². The predicted molar refractivity (Wildman–Crippen MR) is 97.4 cm³/mol. The summed E-state index contributed by atoms with van der Waals surface area (Å²) in [6.45, 7) is -0.867. The van der Waals surface area contributed by atoms with E-state index in [1.807, 2.05) is 0 Å². The number of carbonyl (C=O) groups excluding carboxylic acids is 3. The van der Waals surface area contributed by atoms with Crippen LogP contribution in [0.15, 0.2) is 23.4 Å². The molecule has 0 fully saturated rings. The standard InChI is InChI=1S/C16H16N4O10/c1-29-15(23)8-5-10(19(25)26)13(11(6-8)20(27)28)17-12-9(16(24)30-2)7-18(3-4-21)14(12)22/h5-6,17,21H,3-4,7H2,1-2H3. The summed E-state index contributed by atoms with van der Waals surface area (Å²) in [5.41, 5.74) is -3.68. The number of benzene rings is 1. The zero-order valence-corrected chi connectivity index (χ0v) is 15.7. The average Bonchev–Trinajstić information content (AvgIpc) is 3.02. The predicted octanol–water partition coefficient (Wildman–Crippen LogP) is -0.0369. The highest BCUT2D eigenvalue weighted by atomic mass is 16.6. The molecule has 160 valence electrons. The zero-order valence-electron chi connectivity index (χ0n) is 15.7. The summed E-state index contributed by atoms with van der Waals surface area (Å²) in [6, 6.07) is 1.48. The van der Waals surface area contributed by atoms with Gasteiger partial charge >= 0.3 is 23.3 Å². The van der Waals surface area contributed by atoms with Crippen LogP contribution in [0.3, 0.4) is 0 Å². The van der Waals surface area contributed by atoms with E-state index in [1.165, 1.54) is 0 Å². The Hall–Kier alpha value is -4.07. The molecule has 0 spiro atoms. The van der Waals surface area contributed by atoms with E-state index in [-0.39, 0.29) is 18.7 Å². The molecule has 1 aromatic carbocycles. The molecule has 2 N–H and O–H groups in total. The summed E-state index contributed by atoms with van der Waals surface area (Å²) in [5, 5.41) is 34.4. The maximum atomic E-state index is 12.6. The number of esters is 2. The zero-order chi connectivity index (χ0) is 22.6. The maximum absolute atomic E-state index is 12.6. The molecule has 2 rings (SSSR count). The number of anilines is 1.